The molecule has 1 aliphatic rings. The maximum Gasteiger partial charge on any atom is 0.343 e. The lowest BCUT2D eigenvalue weighted by atomic mass is 10.2. The summed E-state index contributed by atoms with van der Waals surface area (Å²) in [6, 6.07) is 3.27. The van der Waals surface area contributed by atoms with Crippen LogP contribution in [0.3, 0.4) is 0 Å². The van der Waals surface area contributed by atoms with Crippen molar-refractivity contribution in [2.45, 2.75) is 45.4 Å². The molecule has 3 aromatic heterocycles. The molecule has 0 aliphatic carbocycles. The normalized spacial score (nSPS) is 17.8. The maximum absolute atomic E-state index is 13.1. The van der Waals surface area contributed by atoms with Gasteiger partial charge in [0.25, 0.3) is 0 Å². The first-order valence-corrected chi connectivity index (χ1v) is 12.9. The summed E-state index contributed by atoms with van der Waals surface area (Å²) >= 11 is 1.36. The summed E-state index contributed by atoms with van der Waals surface area (Å²) in [5.41, 5.74) is -0.708. The van der Waals surface area contributed by atoms with Gasteiger partial charge in [-0.05, 0) is 39.8 Å². The van der Waals surface area contributed by atoms with E-state index in [9.17, 15) is 14.4 Å². The van der Waals surface area contributed by atoms with Crippen molar-refractivity contribution in [1.82, 2.24) is 19.9 Å². The van der Waals surface area contributed by atoms with Gasteiger partial charge in [0, 0.05) is 38.0 Å². The monoisotopic (exact) mass is 529 g/mol. The van der Waals surface area contributed by atoms with Crippen molar-refractivity contribution in [3.8, 4) is 5.13 Å². The smallest absolute Gasteiger partial charge is 0.343 e. The number of nitrogens with zero attached hydrogens (tertiary/aromatic N) is 4. The number of aromatic nitrogens is 3. The molecule has 2 atom stereocenters. The van der Waals surface area contributed by atoms with E-state index in [2.05, 4.69) is 10.3 Å². The van der Waals surface area contributed by atoms with Gasteiger partial charge in [-0.2, -0.15) is 0 Å². The molecule has 12 heteroatoms. The second-order valence-electron chi connectivity index (χ2n) is 9.57. The molecule has 4 heterocycles. The number of nitrogens with one attached hydrogen (secondary N) is 1. The first-order chi connectivity index (χ1) is 17.6. The molecule has 1 saturated heterocycles. The van der Waals surface area contributed by atoms with E-state index in [0.717, 1.165) is 0 Å². The van der Waals surface area contributed by atoms with Crippen LogP contribution in [0.1, 0.15) is 38.1 Å². The van der Waals surface area contributed by atoms with E-state index in [1.165, 1.54) is 17.5 Å². The van der Waals surface area contributed by atoms with Gasteiger partial charge in [-0.25, -0.2) is 14.8 Å². The van der Waals surface area contributed by atoms with E-state index in [-0.39, 0.29) is 42.2 Å². The summed E-state index contributed by atoms with van der Waals surface area (Å²) in [6.45, 7) is 8.44. The highest BCUT2D eigenvalue weighted by atomic mass is 32.1. The first kappa shape index (κ1) is 26.7. The number of hydrogen-bond donors (Lipinski definition) is 1. The first-order valence-electron chi connectivity index (χ1n) is 12.0. The summed E-state index contributed by atoms with van der Waals surface area (Å²) < 4.78 is 17.8. The molecule has 0 spiro atoms. The fourth-order valence-electron chi connectivity index (χ4n) is 4.19. The minimum absolute atomic E-state index is 0.0566. The molecule has 37 heavy (non-hydrogen) atoms. The maximum atomic E-state index is 13.1. The Morgan fingerprint density at radius 2 is 2.03 bits per heavy atom. The number of fused-ring (bicyclic) bond motifs is 1. The molecule has 0 unspecified atom stereocenters. The Kier molecular flexibility index (Phi) is 7.90. The molecule has 0 aromatic carbocycles. The van der Waals surface area contributed by atoms with Crippen molar-refractivity contribution in [3.05, 3.63) is 45.7 Å². The number of pyridine rings is 2. The van der Waals surface area contributed by atoms with Gasteiger partial charge in [-0.1, -0.05) is 0 Å². The number of thiazole rings is 1. The van der Waals surface area contributed by atoms with Crippen LogP contribution < -0.4 is 15.6 Å². The van der Waals surface area contributed by atoms with Crippen molar-refractivity contribution >= 4 is 40.1 Å². The third-order valence-electron chi connectivity index (χ3n) is 5.78. The summed E-state index contributed by atoms with van der Waals surface area (Å²) in [4.78, 5) is 49.0. The zero-order valence-electron chi connectivity index (χ0n) is 21.5. The lowest BCUT2D eigenvalue weighted by Gasteiger charge is -2.22. The molecule has 0 saturated carbocycles. The third kappa shape index (κ3) is 5.97. The van der Waals surface area contributed by atoms with Crippen LogP contribution in [0, 0.1) is 0 Å². The molecule has 0 amide bonds. The molecule has 4 rings (SSSR count). The number of rotatable bonds is 8. The second-order valence-corrected chi connectivity index (χ2v) is 10.4. The van der Waals surface area contributed by atoms with E-state index in [1.807, 2.05) is 25.7 Å². The van der Waals surface area contributed by atoms with Crippen LogP contribution in [0.5, 0.6) is 0 Å². The van der Waals surface area contributed by atoms with Crippen LogP contribution >= 0.6 is 11.3 Å². The third-order valence-corrected chi connectivity index (χ3v) is 6.55. The van der Waals surface area contributed by atoms with Crippen molar-refractivity contribution < 1.29 is 23.8 Å². The van der Waals surface area contributed by atoms with E-state index >= 15 is 0 Å². The summed E-state index contributed by atoms with van der Waals surface area (Å²) in [5, 5.41) is 5.88. The van der Waals surface area contributed by atoms with Gasteiger partial charge in [0.05, 0.1) is 30.7 Å². The summed E-state index contributed by atoms with van der Waals surface area (Å²) in [7, 11) is 1.63. The number of carbonyl (C=O) groups excluding carboxylic acids is 2. The molecule has 198 valence electrons. The average molecular weight is 530 g/mol. The van der Waals surface area contributed by atoms with Gasteiger partial charge in [0.15, 0.2) is 10.8 Å². The molecule has 0 bridgehead atoms. The molecule has 11 nitrogen and oxygen atoms in total. The summed E-state index contributed by atoms with van der Waals surface area (Å²) in [5.74, 6) is -0.399. The molecular formula is C25H31N5O6S. The minimum Gasteiger partial charge on any atom is -0.462 e. The quantitative estimate of drug-likeness (QED) is 0.434. The molecule has 1 N–H and O–H groups in total. The molecular weight excluding hydrogens is 498 g/mol. The highest BCUT2D eigenvalue weighted by Crippen LogP contribution is 2.25. The predicted octanol–water partition coefficient (Wildman–Crippen LogP) is 2.15. The van der Waals surface area contributed by atoms with Crippen LogP contribution in [-0.2, 0) is 19.0 Å². The van der Waals surface area contributed by atoms with E-state index < -0.39 is 17.0 Å². The number of esters is 2. The predicted molar refractivity (Wildman–Crippen MR) is 140 cm³/mol. The fraction of sp³-hybridized carbons (Fsp3) is 0.480. The SMILES string of the molecule is CCOC(=O)c1cn(-c2nccs2)c2nc(N3C[C@H](NCC(=O)OC(C)(C)C)[C@@H](OC)C3)ccc2c1=O. The minimum atomic E-state index is -0.690. The van der Waals surface area contributed by atoms with Crippen LogP contribution in [0.25, 0.3) is 16.2 Å². The van der Waals surface area contributed by atoms with Gasteiger partial charge < -0.3 is 19.1 Å². The van der Waals surface area contributed by atoms with Crippen molar-refractivity contribution in [1.29, 1.82) is 0 Å². The fourth-order valence-corrected chi connectivity index (χ4v) is 4.81. The topological polar surface area (TPSA) is 125 Å². The Balaban J connectivity index is 1.64. The van der Waals surface area contributed by atoms with Crippen LogP contribution in [0.4, 0.5) is 5.82 Å². The van der Waals surface area contributed by atoms with Gasteiger partial charge >= 0.3 is 11.9 Å². The molecule has 0 radical (unpaired) electrons. The highest BCUT2D eigenvalue weighted by Gasteiger charge is 2.34. The lowest BCUT2D eigenvalue weighted by molar-refractivity contribution is -0.153. The number of anilines is 1. The molecule has 1 aliphatic heterocycles. The average Bonchev–Trinajstić information content (AvgIpc) is 3.52. The van der Waals surface area contributed by atoms with Crippen molar-refractivity contribution in [2.24, 2.45) is 0 Å². The van der Waals surface area contributed by atoms with Gasteiger partial charge in [-0.3, -0.25) is 19.5 Å². The lowest BCUT2D eigenvalue weighted by Crippen LogP contribution is -2.44. The van der Waals surface area contributed by atoms with Crippen molar-refractivity contribution in [2.75, 3.05) is 38.3 Å². The summed E-state index contributed by atoms with van der Waals surface area (Å²) in [6.07, 6.45) is 2.89. The largest absolute Gasteiger partial charge is 0.462 e. The standard InChI is InChI=1S/C25H31N5O6S/c1-6-35-23(33)16-12-30(24-26-9-10-37-24)22-15(21(16)32)7-8-19(28-22)29-13-17(18(14-29)34-5)27-11-20(31)36-25(2,3)4/h7-10,12,17-18,27H,6,11,13-14H2,1-5H3/t17-,18-/m0/s1. The second kappa shape index (κ2) is 11.0. The van der Waals surface area contributed by atoms with E-state index in [0.29, 0.717) is 29.7 Å². The Morgan fingerprint density at radius 1 is 1.24 bits per heavy atom. The van der Waals surface area contributed by atoms with Crippen LogP contribution in [0.2, 0.25) is 0 Å². The Morgan fingerprint density at radius 3 is 2.68 bits per heavy atom. The molecule has 3 aromatic rings. The van der Waals surface area contributed by atoms with Crippen LogP contribution in [-0.4, -0.2) is 77.6 Å². The van der Waals surface area contributed by atoms with Gasteiger partial charge in [0.1, 0.15) is 17.0 Å². The van der Waals surface area contributed by atoms with E-state index in [4.69, 9.17) is 19.2 Å². The van der Waals surface area contributed by atoms with Crippen LogP contribution in [0.15, 0.2) is 34.7 Å². The van der Waals surface area contributed by atoms with Crippen molar-refractivity contribution in [3.63, 3.8) is 0 Å². The number of hydrogen-bond acceptors (Lipinski definition) is 11. The Bertz CT molecular complexity index is 1330. The number of ether oxygens (including phenoxy) is 3. The van der Waals surface area contributed by atoms with Gasteiger partial charge in [0.2, 0.25) is 5.43 Å². The number of methoxy groups -OCH3 is 1. The molecule has 1 fully saturated rings. The van der Waals surface area contributed by atoms with E-state index in [1.54, 1.807) is 42.3 Å². The number of carbonyl (C=O) groups is 2. The Hall–Kier alpha value is -3.35. The highest BCUT2D eigenvalue weighted by molar-refractivity contribution is 7.12. The zero-order chi connectivity index (χ0) is 26.7. The van der Waals surface area contributed by atoms with Gasteiger partial charge in [-0.15, -0.1) is 11.3 Å². The zero-order valence-corrected chi connectivity index (χ0v) is 22.3. The Labute approximate surface area is 218 Å².